The van der Waals surface area contributed by atoms with Crippen molar-refractivity contribution in [3.05, 3.63) is 22.7 Å². The molecule has 0 aliphatic heterocycles. The molecule has 0 saturated carbocycles. The van der Waals surface area contributed by atoms with Gasteiger partial charge in [-0.05, 0) is 31.2 Å². The SMILES string of the molecule is CCNCc1cc(Cl)c(OC(C)C(N)=O)c(OC)c1. The van der Waals surface area contributed by atoms with Crippen LogP contribution in [0, 0.1) is 0 Å². The van der Waals surface area contributed by atoms with Gasteiger partial charge in [0, 0.05) is 6.54 Å². The number of ether oxygens (including phenoxy) is 2. The van der Waals surface area contributed by atoms with Gasteiger partial charge < -0.3 is 20.5 Å². The Morgan fingerprint density at radius 3 is 2.74 bits per heavy atom. The molecule has 19 heavy (non-hydrogen) atoms. The molecule has 0 aliphatic carbocycles. The van der Waals surface area contributed by atoms with Crippen molar-refractivity contribution >= 4 is 17.5 Å². The van der Waals surface area contributed by atoms with Crippen LogP contribution < -0.4 is 20.5 Å². The second kappa shape index (κ2) is 7.21. The quantitative estimate of drug-likeness (QED) is 0.800. The molecule has 6 heteroatoms. The molecule has 3 N–H and O–H groups in total. The topological polar surface area (TPSA) is 73.6 Å². The number of methoxy groups -OCH3 is 1. The largest absolute Gasteiger partial charge is 0.493 e. The standard InChI is InChI=1S/C13H19ClN2O3/c1-4-16-7-9-5-10(14)12(11(6-9)18-3)19-8(2)13(15)17/h5-6,8,16H,4,7H2,1-3H3,(H2,15,17). The van der Waals surface area contributed by atoms with Gasteiger partial charge in [-0.3, -0.25) is 4.79 Å². The van der Waals surface area contributed by atoms with E-state index in [2.05, 4.69) is 5.32 Å². The fourth-order valence-electron chi connectivity index (χ4n) is 1.49. The minimum atomic E-state index is -0.772. The van der Waals surface area contributed by atoms with Gasteiger partial charge in [0.15, 0.2) is 17.6 Å². The van der Waals surface area contributed by atoms with E-state index < -0.39 is 12.0 Å². The summed E-state index contributed by atoms with van der Waals surface area (Å²) in [5, 5.41) is 3.58. The first-order chi connectivity index (χ1) is 8.99. The third kappa shape index (κ3) is 4.29. The van der Waals surface area contributed by atoms with Gasteiger partial charge >= 0.3 is 0 Å². The molecule has 5 nitrogen and oxygen atoms in total. The highest BCUT2D eigenvalue weighted by Gasteiger charge is 2.17. The van der Waals surface area contributed by atoms with E-state index in [-0.39, 0.29) is 0 Å². The summed E-state index contributed by atoms with van der Waals surface area (Å²) in [7, 11) is 1.52. The number of carbonyl (C=O) groups is 1. The van der Waals surface area contributed by atoms with Crippen LogP contribution in [0.1, 0.15) is 19.4 Å². The van der Waals surface area contributed by atoms with E-state index in [1.54, 1.807) is 13.0 Å². The first-order valence-electron chi connectivity index (χ1n) is 6.02. The van der Waals surface area contributed by atoms with E-state index in [4.69, 9.17) is 26.8 Å². The zero-order valence-electron chi connectivity index (χ0n) is 11.3. The minimum Gasteiger partial charge on any atom is -0.493 e. The van der Waals surface area contributed by atoms with Crippen LogP contribution in [0.4, 0.5) is 0 Å². The van der Waals surface area contributed by atoms with Crippen LogP contribution in [0.25, 0.3) is 0 Å². The minimum absolute atomic E-state index is 0.329. The Labute approximate surface area is 118 Å². The molecular formula is C13H19ClN2O3. The Morgan fingerprint density at radius 2 is 2.21 bits per heavy atom. The molecule has 0 aromatic heterocycles. The molecule has 1 atom stereocenters. The lowest BCUT2D eigenvalue weighted by molar-refractivity contribution is -0.124. The molecule has 0 spiro atoms. The zero-order valence-corrected chi connectivity index (χ0v) is 12.1. The first-order valence-corrected chi connectivity index (χ1v) is 6.40. The summed E-state index contributed by atoms with van der Waals surface area (Å²) in [6, 6.07) is 3.59. The predicted octanol–water partition coefficient (Wildman–Crippen LogP) is 1.71. The summed E-state index contributed by atoms with van der Waals surface area (Å²) >= 11 is 6.16. The molecule has 1 aromatic carbocycles. The van der Waals surface area contributed by atoms with Crippen LogP contribution in [0.2, 0.25) is 5.02 Å². The summed E-state index contributed by atoms with van der Waals surface area (Å²) in [4.78, 5) is 11.0. The van der Waals surface area contributed by atoms with Gasteiger partial charge in [-0.1, -0.05) is 18.5 Å². The number of nitrogens with two attached hydrogens (primary N) is 1. The number of halogens is 1. The van der Waals surface area contributed by atoms with E-state index in [1.165, 1.54) is 7.11 Å². The van der Waals surface area contributed by atoms with Gasteiger partial charge in [-0.2, -0.15) is 0 Å². The number of hydrogen-bond acceptors (Lipinski definition) is 4. The van der Waals surface area contributed by atoms with Crippen molar-refractivity contribution in [2.24, 2.45) is 5.73 Å². The van der Waals surface area contributed by atoms with Gasteiger partial charge in [-0.25, -0.2) is 0 Å². The second-order valence-corrected chi connectivity index (χ2v) is 4.46. The van der Waals surface area contributed by atoms with Gasteiger partial charge in [0.1, 0.15) is 0 Å². The van der Waals surface area contributed by atoms with Crippen LogP contribution in [0.15, 0.2) is 12.1 Å². The summed E-state index contributed by atoms with van der Waals surface area (Å²) in [5.74, 6) is 0.249. The van der Waals surface area contributed by atoms with Crippen LogP contribution in [-0.4, -0.2) is 25.7 Å². The normalized spacial score (nSPS) is 12.0. The highest BCUT2D eigenvalue weighted by atomic mass is 35.5. The van der Waals surface area contributed by atoms with Crippen LogP contribution >= 0.6 is 11.6 Å². The van der Waals surface area contributed by atoms with Gasteiger partial charge in [0.05, 0.1) is 12.1 Å². The van der Waals surface area contributed by atoms with E-state index >= 15 is 0 Å². The maximum absolute atomic E-state index is 11.0. The Bertz CT molecular complexity index is 452. The van der Waals surface area contributed by atoms with Crippen LogP contribution in [0.5, 0.6) is 11.5 Å². The summed E-state index contributed by atoms with van der Waals surface area (Å²) in [5.41, 5.74) is 6.14. The first kappa shape index (κ1) is 15.6. The van der Waals surface area contributed by atoms with E-state index in [0.717, 1.165) is 12.1 Å². The van der Waals surface area contributed by atoms with E-state index in [9.17, 15) is 4.79 Å². The molecule has 0 bridgehead atoms. The fourth-order valence-corrected chi connectivity index (χ4v) is 1.77. The maximum atomic E-state index is 11.0. The molecule has 0 radical (unpaired) electrons. The number of primary amides is 1. The lowest BCUT2D eigenvalue weighted by Crippen LogP contribution is -2.30. The molecule has 1 amide bonds. The molecule has 0 saturated heterocycles. The molecule has 106 valence electrons. The van der Waals surface area contributed by atoms with Gasteiger partial charge in [-0.15, -0.1) is 0 Å². The van der Waals surface area contributed by atoms with Crippen LogP contribution in [0.3, 0.4) is 0 Å². The van der Waals surface area contributed by atoms with Crippen molar-refractivity contribution in [2.75, 3.05) is 13.7 Å². The number of amides is 1. The predicted molar refractivity (Wildman–Crippen MR) is 74.7 cm³/mol. The molecular weight excluding hydrogens is 268 g/mol. The average molecular weight is 287 g/mol. The highest BCUT2D eigenvalue weighted by Crippen LogP contribution is 2.37. The Hall–Kier alpha value is -1.46. The number of nitrogens with one attached hydrogen (secondary N) is 1. The molecule has 0 heterocycles. The Balaban J connectivity index is 3.00. The zero-order chi connectivity index (χ0) is 14.4. The summed E-state index contributed by atoms with van der Waals surface area (Å²) < 4.78 is 10.7. The Kier molecular flexibility index (Phi) is 5.92. The highest BCUT2D eigenvalue weighted by molar-refractivity contribution is 6.32. The average Bonchev–Trinajstić information content (AvgIpc) is 2.38. The molecule has 1 unspecified atom stereocenters. The lowest BCUT2D eigenvalue weighted by atomic mass is 10.2. The number of carbonyl (C=O) groups excluding carboxylic acids is 1. The van der Waals surface area contributed by atoms with Gasteiger partial charge in [0.25, 0.3) is 5.91 Å². The molecule has 1 aromatic rings. The van der Waals surface area contributed by atoms with Crippen molar-refractivity contribution in [1.29, 1.82) is 0 Å². The fraction of sp³-hybridized carbons (Fsp3) is 0.462. The smallest absolute Gasteiger partial charge is 0.258 e. The van der Waals surface area contributed by atoms with Crippen molar-refractivity contribution < 1.29 is 14.3 Å². The van der Waals surface area contributed by atoms with E-state index in [1.807, 2.05) is 13.0 Å². The molecule has 0 aliphatic rings. The number of benzene rings is 1. The third-order valence-electron chi connectivity index (χ3n) is 2.56. The number of hydrogen-bond donors (Lipinski definition) is 2. The van der Waals surface area contributed by atoms with Crippen LogP contribution in [-0.2, 0) is 11.3 Å². The van der Waals surface area contributed by atoms with Gasteiger partial charge in [0.2, 0.25) is 0 Å². The van der Waals surface area contributed by atoms with Crippen molar-refractivity contribution in [1.82, 2.24) is 5.32 Å². The van der Waals surface area contributed by atoms with Crippen molar-refractivity contribution in [3.8, 4) is 11.5 Å². The maximum Gasteiger partial charge on any atom is 0.258 e. The summed E-state index contributed by atoms with van der Waals surface area (Å²) in [6.45, 7) is 5.12. The van der Waals surface area contributed by atoms with E-state index in [0.29, 0.717) is 23.1 Å². The Morgan fingerprint density at radius 1 is 1.53 bits per heavy atom. The number of rotatable bonds is 7. The van der Waals surface area contributed by atoms with Crippen molar-refractivity contribution in [2.45, 2.75) is 26.5 Å². The third-order valence-corrected chi connectivity index (χ3v) is 2.84. The monoisotopic (exact) mass is 286 g/mol. The molecule has 0 fully saturated rings. The van der Waals surface area contributed by atoms with Crippen molar-refractivity contribution in [3.63, 3.8) is 0 Å². The summed E-state index contributed by atoms with van der Waals surface area (Å²) in [6.07, 6.45) is -0.772. The molecule has 1 rings (SSSR count). The lowest BCUT2D eigenvalue weighted by Gasteiger charge is -2.17. The second-order valence-electron chi connectivity index (χ2n) is 4.05.